The number of nitrogens with two attached hydrogens (primary N) is 1. The zero-order valence-corrected chi connectivity index (χ0v) is 16.1. The van der Waals surface area contributed by atoms with Gasteiger partial charge in [0, 0.05) is 21.7 Å². The summed E-state index contributed by atoms with van der Waals surface area (Å²) in [5, 5.41) is 1.27. The number of anilines is 1. The molecule has 0 aliphatic carbocycles. The van der Waals surface area contributed by atoms with E-state index in [-0.39, 0.29) is 0 Å². The summed E-state index contributed by atoms with van der Waals surface area (Å²) in [5.74, 6) is 1.61. The molecule has 0 aliphatic rings. The molecule has 0 amide bonds. The number of hydrogen-bond acceptors (Lipinski definition) is 6. The topological polar surface area (TPSA) is 83.2 Å². The van der Waals surface area contributed by atoms with E-state index in [4.69, 9.17) is 26.8 Å². The fourth-order valence-electron chi connectivity index (χ4n) is 3.12. The van der Waals surface area contributed by atoms with Crippen molar-refractivity contribution >= 4 is 28.5 Å². The maximum Gasteiger partial charge on any atom is 0.165 e. The smallest absolute Gasteiger partial charge is 0.165 e. The van der Waals surface area contributed by atoms with Crippen LogP contribution in [0, 0.1) is 0 Å². The van der Waals surface area contributed by atoms with Gasteiger partial charge in [0.1, 0.15) is 12.1 Å². The molecular weight excluding hydrogens is 376 g/mol. The van der Waals surface area contributed by atoms with Gasteiger partial charge in [-0.3, -0.25) is 0 Å². The van der Waals surface area contributed by atoms with Crippen LogP contribution in [-0.2, 0) is 0 Å². The molecule has 4 rings (SSSR count). The van der Waals surface area contributed by atoms with Crippen LogP contribution in [0.3, 0.4) is 0 Å². The lowest BCUT2D eigenvalue weighted by molar-refractivity contribution is 0.355. The molecule has 2 aromatic heterocycles. The van der Waals surface area contributed by atoms with Gasteiger partial charge in [0.05, 0.1) is 25.3 Å². The Kier molecular flexibility index (Phi) is 4.71. The Hall–Kier alpha value is -3.38. The number of methoxy groups -OCH3 is 2. The predicted octanol–water partition coefficient (Wildman–Crippen LogP) is 4.61. The molecule has 28 heavy (non-hydrogen) atoms. The van der Waals surface area contributed by atoms with Crippen molar-refractivity contribution in [2.75, 3.05) is 20.0 Å². The molecule has 4 aromatic rings. The fourth-order valence-corrected chi connectivity index (χ4v) is 3.36. The first-order chi connectivity index (χ1) is 13.6. The lowest BCUT2D eigenvalue weighted by atomic mass is 9.99. The van der Waals surface area contributed by atoms with Gasteiger partial charge < -0.3 is 15.2 Å². The third-order valence-electron chi connectivity index (χ3n) is 4.48. The van der Waals surface area contributed by atoms with Crippen LogP contribution >= 0.6 is 11.6 Å². The van der Waals surface area contributed by atoms with Crippen LogP contribution < -0.4 is 15.2 Å². The molecule has 0 saturated heterocycles. The molecule has 0 bridgehead atoms. The van der Waals surface area contributed by atoms with Gasteiger partial charge in [0.25, 0.3) is 0 Å². The molecule has 7 heteroatoms. The van der Waals surface area contributed by atoms with Crippen molar-refractivity contribution in [2.24, 2.45) is 0 Å². The first-order valence-corrected chi connectivity index (χ1v) is 8.88. The van der Waals surface area contributed by atoms with Gasteiger partial charge in [0.15, 0.2) is 17.1 Å². The Labute approximate surface area is 166 Å². The summed E-state index contributed by atoms with van der Waals surface area (Å²) in [4.78, 5) is 13.1. The number of nitrogens with zero attached hydrogens (tertiary/aromatic N) is 3. The van der Waals surface area contributed by atoms with Crippen LogP contribution in [0.1, 0.15) is 0 Å². The van der Waals surface area contributed by atoms with Gasteiger partial charge in [-0.15, -0.1) is 0 Å². The van der Waals surface area contributed by atoms with Crippen LogP contribution in [-0.4, -0.2) is 29.2 Å². The Balaban J connectivity index is 2.01. The summed E-state index contributed by atoms with van der Waals surface area (Å²) >= 11 is 6.46. The molecule has 0 spiro atoms. The fraction of sp³-hybridized carbons (Fsp3) is 0.0952. The van der Waals surface area contributed by atoms with Crippen molar-refractivity contribution in [1.29, 1.82) is 0 Å². The Morgan fingerprint density at radius 3 is 2.43 bits per heavy atom. The highest BCUT2D eigenvalue weighted by atomic mass is 35.5. The second-order valence-electron chi connectivity index (χ2n) is 6.06. The van der Waals surface area contributed by atoms with Crippen molar-refractivity contribution in [3.05, 3.63) is 59.9 Å². The lowest BCUT2D eigenvalue weighted by Gasteiger charge is -2.13. The number of rotatable bonds is 4. The summed E-state index contributed by atoms with van der Waals surface area (Å²) in [7, 11) is 3.19. The SMILES string of the molecule is COc1ccc(-c2cc(-c3ccccc3Cl)c3c(N)ncnc3n2)cc1OC. The zero-order chi connectivity index (χ0) is 19.7. The highest BCUT2D eigenvalue weighted by molar-refractivity contribution is 6.33. The van der Waals surface area contributed by atoms with Crippen LogP contribution in [0.4, 0.5) is 5.82 Å². The van der Waals surface area contributed by atoms with Crippen molar-refractivity contribution in [2.45, 2.75) is 0 Å². The summed E-state index contributed by atoms with van der Waals surface area (Å²) in [6.45, 7) is 0. The van der Waals surface area contributed by atoms with Gasteiger partial charge in [-0.2, -0.15) is 0 Å². The van der Waals surface area contributed by atoms with Gasteiger partial charge in [0.2, 0.25) is 0 Å². The summed E-state index contributed by atoms with van der Waals surface area (Å²) < 4.78 is 10.7. The number of nitrogen functional groups attached to an aromatic ring is 1. The quantitative estimate of drug-likeness (QED) is 0.546. The largest absolute Gasteiger partial charge is 0.493 e. The Morgan fingerprint density at radius 1 is 0.893 bits per heavy atom. The van der Waals surface area contributed by atoms with Crippen molar-refractivity contribution in [1.82, 2.24) is 15.0 Å². The van der Waals surface area contributed by atoms with E-state index in [9.17, 15) is 0 Å². The van der Waals surface area contributed by atoms with E-state index in [1.807, 2.05) is 48.5 Å². The molecule has 2 N–H and O–H groups in total. The van der Waals surface area contributed by atoms with Crippen molar-refractivity contribution in [3.8, 4) is 33.9 Å². The molecule has 140 valence electrons. The maximum atomic E-state index is 6.46. The highest BCUT2D eigenvalue weighted by Gasteiger charge is 2.16. The maximum absolute atomic E-state index is 6.46. The van der Waals surface area contributed by atoms with Crippen LogP contribution in [0.25, 0.3) is 33.4 Å². The second-order valence-corrected chi connectivity index (χ2v) is 6.47. The average Bonchev–Trinajstić information content (AvgIpc) is 2.73. The number of pyridine rings is 1. The third-order valence-corrected chi connectivity index (χ3v) is 4.81. The molecule has 0 aliphatic heterocycles. The average molecular weight is 393 g/mol. The predicted molar refractivity (Wildman–Crippen MR) is 111 cm³/mol. The number of fused-ring (bicyclic) bond motifs is 1. The van der Waals surface area contributed by atoms with E-state index in [0.717, 1.165) is 16.7 Å². The Morgan fingerprint density at radius 2 is 1.68 bits per heavy atom. The lowest BCUT2D eigenvalue weighted by Crippen LogP contribution is -1.99. The van der Waals surface area contributed by atoms with E-state index in [1.54, 1.807) is 14.2 Å². The van der Waals surface area contributed by atoms with Crippen LogP contribution in [0.2, 0.25) is 5.02 Å². The number of ether oxygens (including phenoxy) is 2. The molecule has 0 atom stereocenters. The van der Waals surface area contributed by atoms with Crippen LogP contribution in [0.15, 0.2) is 54.9 Å². The molecule has 2 heterocycles. The second kappa shape index (κ2) is 7.32. The van der Waals surface area contributed by atoms with Gasteiger partial charge >= 0.3 is 0 Å². The Bertz CT molecular complexity index is 1180. The minimum atomic E-state index is 0.353. The molecule has 2 aromatic carbocycles. The molecule has 0 fully saturated rings. The van der Waals surface area contributed by atoms with E-state index >= 15 is 0 Å². The first-order valence-electron chi connectivity index (χ1n) is 8.51. The van der Waals surface area contributed by atoms with Crippen LogP contribution in [0.5, 0.6) is 11.5 Å². The van der Waals surface area contributed by atoms with E-state index in [1.165, 1.54) is 6.33 Å². The molecular formula is C21H17ClN4O2. The zero-order valence-electron chi connectivity index (χ0n) is 15.3. The summed E-state index contributed by atoms with van der Waals surface area (Å²) in [5.41, 5.74) is 9.85. The van der Waals surface area contributed by atoms with Gasteiger partial charge in [-0.25, -0.2) is 15.0 Å². The van der Waals surface area contributed by atoms with E-state index < -0.39 is 0 Å². The van der Waals surface area contributed by atoms with Gasteiger partial charge in [-0.1, -0.05) is 29.8 Å². The minimum absolute atomic E-state index is 0.353. The highest BCUT2D eigenvalue weighted by Crippen LogP contribution is 2.38. The standard InChI is InChI=1S/C21H17ClN4O2/c1-27-17-8-7-12(9-18(17)28-2)16-10-14(13-5-3-4-6-15(13)22)19-20(23)24-11-25-21(19)26-16/h3-11H,1-2H3,(H2,23,24,25,26). The van der Waals surface area contributed by atoms with E-state index in [2.05, 4.69) is 15.0 Å². The van der Waals surface area contributed by atoms with E-state index in [0.29, 0.717) is 39.1 Å². The van der Waals surface area contributed by atoms with Gasteiger partial charge in [-0.05, 0) is 30.3 Å². The molecule has 0 radical (unpaired) electrons. The molecule has 0 unspecified atom stereocenters. The molecule has 6 nitrogen and oxygen atoms in total. The summed E-state index contributed by atoms with van der Waals surface area (Å²) in [6, 6.07) is 15.1. The minimum Gasteiger partial charge on any atom is -0.493 e. The monoisotopic (exact) mass is 392 g/mol. The normalized spacial score (nSPS) is 10.8. The molecule has 0 saturated carbocycles. The third kappa shape index (κ3) is 3.08. The number of aromatic nitrogens is 3. The number of halogens is 1. The summed E-state index contributed by atoms with van der Waals surface area (Å²) in [6.07, 6.45) is 1.40. The van der Waals surface area contributed by atoms with Crippen molar-refractivity contribution < 1.29 is 9.47 Å². The van der Waals surface area contributed by atoms with Crippen molar-refractivity contribution in [3.63, 3.8) is 0 Å². The first kappa shape index (κ1) is 18.0. The number of hydrogen-bond donors (Lipinski definition) is 1. The number of benzene rings is 2.